The van der Waals surface area contributed by atoms with Gasteiger partial charge in [0.15, 0.2) is 0 Å². The molecule has 0 radical (unpaired) electrons. The van der Waals surface area contributed by atoms with Crippen LogP contribution in [0.4, 0.5) is 10.5 Å². The summed E-state index contributed by atoms with van der Waals surface area (Å²) in [5, 5.41) is 10.5. The van der Waals surface area contributed by atoms with E-state index >= 15 is 0 Å². The molecule has 0 bridgehead atoms. The number of nitrogens with zero attached hydrogens (tertiary/aromatic N) is 1. The van der Waals surface area contributed by atoms with Crippen LogP contribution in [0.15, 0.2) is 36.9 Å². The fourth-order valence-electron chi connectivity index (χ4n) is 1.38. The molecular weight excluding hydrogens is 238 g/mol. The lowest BCUT2D eigenvalue weighted by atomic mass is 10.1. The zero-order valence-electron chi connectivity index (χ0n) is 9.87. The van der Waals surface area contributed by atoms with Gasteiger partial charge in [0.25, 0.3) is 5.69 Å². The molecule has 1 unspecified atom stereocenters. The van der Waals surface area contributed by atoms with E-state index in [1.54, 1.807) is 6.08 Å². The van der Waals surface area contributed by atoms with E-state index < -0.39 is 17.2 Å². The second-order valence-electron chi connectivity index (χ2n) is 3.43. The number of carbonyl (C=O) groups excluding carboxylic acids is 1. The van der Waals surface area contributed by atoms with Crippen LogP contribution in [0.2, 0.25) is 0 Å². The van der Waals surface area contributed by atoms with Crippen molar-refractivity contribution in [3.8, 4) is 0 Å². The SMILES string of the molecule is C=CCC(OC(=O)OC)c1ccc([N+](=O)[O-])cc1. The maximum absolute atomic E-state index is 11.1. The van der Waals surface area contributed by atoms with Gasteiger partial charge in [0.1, 0.15) is 6.10 Å². The molecule has 0 aliphatic heterocycles. The molecular formula is C12H13NO5. The number of nitro benzene ring substituents is 1. The lowest BCUT2D eigenvalue weighted by Crippen LogP contribution is -2.10. The van der Waals surface area contributed by atoms with Crippen LogP contribution < -0.4 is 0 Å². The Morgan fingerprint density at radius 1 is 1.50 bits per heavy atom. The standard InChI is InChI=1S/C12H13NO5/c1-3-4-11(18-12(14)17-2)9-5-7-10(8-6-9)13(15)16/h3,5-8,11H,1,4H2,2H3. The maximum Gasteiger partial charge on any atom is 0.508 e. The van der Waals surface area contributed by atoms with Crippen LogP contribution in [0.3, 0.4) is 0 Å². The molecule has 0 fully saturated rings. The highest BCUT2D eigenvalue weighted by Crippen LogP contribution is 2.24. The first-order valence-electron chi connectivity index (χ1n) is 5.18. The molecule has 18 heavy (non-hydrogen) atoms. The van der Waals surface area contributed by atoms with Crippen molar-refractivity contribution in [2.45, 2.75) is 12.5 Å². The van der Waals surface area contributed by atoms with E-state index in [9.17, 15) is 14.9 Å². The van der Waals surface area contributed by atoms with Crippen molar-refractivity contribution in [2.24, 2.45) is 0 Å². The van der Waals surface area contributed by atoms with Crippen molar-refractivity contribution in [2.75, 3.05) is 7.11 Å². The molecule has 0 amide bonds. The van der Waals surface area contributed by atoms with Gasteiger partial charge in [-0.1, -0.05) is 6.08 Å². The van der Waals surface area contributed by atoms with Gasteiger partial charge in [0.2, 0.25) is 0 Å². The van der Waals surface area contributed by atoms with Crippen LogP contribution in [0.1, 0.15) is 18.1 Å². The summed E-state index contributed by atoms with van der Waals surface area (Å²) in [6.07, 6.45) is 0.623. The maximum atomic E-state index is 11.1. The summed E-state index contributed by atoms with van der Waals surface area (Å²) >= 11 is 0. The van der Waals surface area contributed by atoms with Crippen LogP contribution in [-0.4, -0.2) is 18.2 Å². The quantitative estimate of drug-likeness (QED) is 0.348. The van der Waals surface area contributed by atoms with Gasteiger partial charge in [-0.25, -0.2) is 4.79 Å². The van der Waals surface area contributed by atoms with E-state index in [-0.39, 0.29) is 5.69 Å². The predicted molar refractivity (Wildman–Crippen MR) is 64.1 cm³/mol. The van der Waals surface area contributed by atoms with Crippen LogP contribution in [0.25, 0.3) is 0 Å². The number of rotatable bonds is 5. The summed E-state index contributed by atoms with van der Waals surface area (Å²) in [5.74, 6) is 0. The largest absolute Gasteiger partial charge is 0.508 e. The third-order valence-corrected chi connectivity index (χ3v) is 2.26. The number of carbonyl (C=O) groups is 1. The third kappa shape index (κ3) is 3.58. The van der Waals surface area contributed by atoms with Gasteiger partial charge < -0.3 is 9.47 Å². The van der Waals surface area contributed by atoms with Crippen LogP contribution >= 0.6 is 0 Å². The Kier molecular flexibility index (Phi) is 4.86. The lowest BCUT2D eigenvalue weighted by Gasteiger charge is -2.15. The molecule has 0 saturated heterocycles. The molecule has 0 heterocycles. The molecule has 1 aromatic rings. The zero-order chi connectivity index (χ0) is 13.5. The van der Waals surface area contributed by atoms with Crippen LogP contribution in [-0.2, 0) is 9.47 Å². The van der Waals surface area contributed by atoms with Crippen molar-refractivity contribution in [3.63, 3.8) is 0 Å². The van der Waals surface area contributed by atoms with E-state index in [0.717, 1.165) is 0 Å². The number of hydrogen-bond donors (Lipinski definition) is 0. The van der Waals surface area contributed by atoms with E-state index in [1.807, 2.05) is 0 Å². The van der Waals surface area contributed by atoms with Gasteiger partial charge in [-0.05, 0) is 17.7 Å². The van der Waals surface area contributed by atoms with E-state index in [4.69, 9.17) is 4.74 Å². The Morgan fingerprint density at radius 2 is 2.11 bits per heavy atom. The second kappa shape index (κ2) is 6.39. The zero-order valence-corrected chi connectivity index (χ0v) is 9.87. The van der Waals surface area contributed by atoms with E-state index in [1.165, 1.54) is 31.4 Å². The molecule has 0 aromatic heterocycles. The molecule has 0 N–H and O–H groups in total. The minimum atomic E-state index is -0.805. The average molecular weight is 251 g/mol. The molecule has 6 nitrogen and oxygen atoms in total. The number of nitro groups is 1. The molecule has 0 aliphatic carbocycles. The molecule has 1 aromatic carbocycles. The number of benzene rings is 1. The van der Waals surface area contributed by atoms with Gasteiger partial charge in [0.05, 0.1) is 12.0 Å². The van der Waals surface area contributed by atoms with Crippen molar-refractivity contribution in [3.05, 3.63) is 52.6 Å². The average Bonchev–Trinajstić information content (AvgIpc) is 2.38. The van der Waals surface area contributed by atoms with Crippen LogP contribution in [0.5, 0.6) is 0 Å². The van der Waals surface area contributed by atoms with Gasteiger partial charge in [-0.3, -0.25) is 10.1 Å². The monoisotopic (exact) mass is 251 g/mol. The van der Waals surface area contributed by atoms with Gasteiger partial charge in [-0.15, -0.1) is 6.58 Å². The summed E-state index contributed by atoms with van der Waals surface area (Å²) < 4.78 is 9.43. The van der Waals surface area contributed by atoms with E-state index in [2.05, 4.69) is 11.3 Å². The number of ether oxygens (including phenoxy) is 2. The summed E-state index contributed by atoms with van der Waals surface area (Å²) in [6.45, 7) is 3.56. The highest BCUT2D eigenvalue weighted by Gasteiger charge is 2.16. The third-order valence-electron chi connectivity index (χ3n) is 2.26. The lowest BCUT2D eigenvalue weighted by molar-refractivity contribution is -0.384. The molecule has 0 aliphatic rings. The fraction of sp³-hybridized carbons (Fsp3) is 0.250. The van der Waals surface area contributed by atoms with Crippen LogP contribution in [0, 0.1) is 10.1 Å². The van der Waals surface area contributed by atoms with Crippen molar-refractivity contribution < 1.29 is 19.2 Å². The first-order valence-corrected chi connectivity index (χ1v) is 5.18. The van der Waals surface area contributed by atoms with Crippen molar-refractivity contribution >= 4 is 11.8 Å². The van der Waals surface area contributed by atoms with E-state index in [0.29, 0.717) is 12.0 Å². The summed E-state index contributed by atoms with van der Waals surface area (Å²) in [5.41, 5.74) is 0.625. The van der Waals surface area contributed by atoms with Gasteiger partial charge >= 0.3 is 6.16 Å². The van der Waals surface area contributed by atoms with Crippen molar-refractivity contribution in [1.29, 1.82) is 0 Å². The minimum Gasteiger partial charge on any atom is -0.438 e. The Labute approximate surface area is 104 Å². The molecule has 96 valence electrons. The highest BCUT2D eigenvalue weighted by molar-refractivity contribution is 5.60. The Balaban J connectivity index is 2.88. The fourth-order valence-corrected chi connectivity index (χ4v) is 1.38. The first-order chi connectivity index (χ1) is 8.58. The minimum absolute atomic E-state index is 0.0193. The predicted octanol–water partition coefficient (Wildman–Crippen LogP) is 3.00. The van der Waals surface area contributed by atoms with Gasteiger partial charge in [-0.2, -0.15) is 0 Å². The molecule has 0 spiro atoms. The number of hydrogen-bond acceptors (Lipinski definition) is 5. The summed E-state index contributed by atoms with van der Waals surface area (Å²) in [6, 6.07) is 5.78. The molecule has 1 atom stereocenters. The Morgan fingerprint density at radius 3 is 2.56 bits per heavy atom. The molecule has 0 saturated carbocycles. The smallest absolute Gasteiger partial charge is 0.438 e. The Bertz CT molecular complexity index is 440. The van der Waals surface area contributed by atoms with Crippen molar-refractivity contribution in [1.82, 2.24) is 0 Å². The topological polar surface area (TPSA) is 78.7 Å². The normalized spacial score (nSPS) is 11.4. The summed E-state index contributed by atoms with van der Waals surface area (Å²) in [4.78, 5) is 21.1. The molecule has 6 heteroatoms. The highest BCUT2D eigenvalue weighted by atomic mass is 16.7. The number of methoxy groups -OCH3 is 1. The summed E-state index contributed by atoms with van der Waals surface area (Å²) in [7, 11) is 1.21. The van der Waals surface area contributed by atoms with Gasteiger partial charge in [0, 0.05) is 18.6 Å². The number of non-ortho nitro benzene ring substituents is 1. The first kappa shape index (κ1) is 13.7. The second-order valence-corrected chi connectivity index (χ2v) is 3.43. The molecule has 1 rings (SSSR count). The Hall–Kier alpha value is -2.37.